The lowest BCUT2D eigenvalue weighted by Gasteiger charge is -2.11. The Kier molecular flexibility index (Phi) is 5.44. The van der Waals surface area contributed by atoms with E-state index in [4.69, 9.17) is 0 Å². The first kappa shape index (κ1) is 11.2. The Morgan fingerprint density at radius 1 is 1.50 bits per heavy atom. The van der Waals surface area contributed by atoms with Gasteiger partial charge in [0.15, 0.2) is 0 Å². The van der Waals surface area contributed by atoms with E-state index in [0.29, 0.717) is 5.92 Å². The first-order valence-electron chi connectivity index (χ1n) is 4.61. The minimum absolute atomic E-state index is 0.484. The third-order valence-electron chi connectivity index (χ3n) is 2.12. The van der Waals surface area contributed by atoms with Crippen molar-refractivity contribution in [1.82, 2.24) is 0 Å². The van der Waals surface area contributed by atoms with Gasteiger partial charge in [-0.15, -0.1) is 0 Å². The van der Waals surface area contributed by atoms with E-state index in [1.807, 2.05) is 0 Å². The van der Waals surface area contributed by atoms with E-state index in [1.165, 1.54) is 11.1 Å². The lowest BCUT2D eigenvalue weighted by molar-refractivity contribution is 0.824. The van der Waals surface area contributed by atoms with Gasteiger partial charge >= 0.3 is 0 Å². The highest BCUT2D eigenvalue weighted by Crippen LogP contribution is 2.19. The lowest BCUT2D eigenvalue weighted by Crippen LogP contribution is -1.97. The van der Waals surface area contributed by atoms with Gasteiger partial charge in [0, 0.05) is 5.92 Å². The molecule has 0 aliphatic heterocycles. The highest BCUT2D eigenvalue weighted by Gasteiger charge is 2.04. The van der Waals surface area contributed by atoms with Crippen LogP contribution in [0.5, 0.6) is 0 Å². The van der Waals surface area contributed by atoms with Crippen molar-refractivity contribution in [2.24, 2.45) is 5.92 Å². The van der Waals surface area contributed by atoms with Gasteiger partial charge in [0.05, 0.1) is 0 Å². The molecule has 0 spiro atoms. The molecule has 0 radical (unpaired) electrons. The Hall–Kier alpha value is -0.780. The molecule has 0 heteroatoms. The number of rotatable bonds is 4. The summed E-state index contributed by atoms with van der Waals surface area (Å²) in [5.41, 5.74) is 2.59. The molecule has 0 aromatic rings. The first-order valence-corrected chi connectivity index (χ1v) is 4.61. The second kappa shape index (κ2) is 5.82. The van der Waals surface area contributed by atoms with Gasteiger partial charge in [-0.05, 0) is 25.8 Å². The van der Waals surface area contributed by atoms with Crippen LogP contribution in [0.3, 0.4) is 0 Å². The molecular weight excluding hydrogens is 144 g/mol. The van der Waals surface area contributed by atoms with Crippen LogP contribution >= 0.6 is 0 Å². The van der Waals surface area contributed by atoms with Crippen molar-refractivity contribution in [3.63, 3.8) is 0 Å². The predicted molar refractivity (Wildman–Crippen MR) is 57.2 cm³/mol. The van der Waals surface area contributed by atoms with E-state index in [2.05, 4.69) is 52.5 Å². The van der Waals surface area contributed by atoms with Crippen LogP contribution in [0.15, 0.2) is 36.0 Å². The van der Waals surface area contributed by atoms with Gasteiger partial charge in [-0.3, -0.25) is 0 Å². The fourth-order valence-electron chi connectivity index (χ4n) is 1.03. The molecule has 0 bridgehead atoms. The van der Waals surface area contributed by atoms with Gasteiger partial charge in [-0.2, -0.15) is 0 Å². The Balaban J connectivity index is 4.37. The summed E-state index contributed by atoms with van der Waals surface area (Å²) in [6.07, 6.45) is 7.64. The molecule has 0 fully saturated rings. The second-order valence-electron chi connectivity index (χ2n) is 3.17. The summed E-state index contributed by atoms with van der Waals surface area (Å²) >= 11 is 0. The average molecular weight is 164 g/mol. The predicted octanol–water partition coefficient (Wildman–Crippen LogP) is 4.11. The Morgan fingerprint density at radius 3 is 2.42 bits per heavy atom. The summed E-state index contributed by atoms with van der Waals surface area (Å²) in [7, 11) is 0. The maximum absolute atomic E-state index is 3.96. The number of hydrogen-bond acceptors (Lipinski definition) is 0. The van der Waals surface area contributed by atoms with Gasteiger partial charge in [-0.25, -0.2) is 0 Å². The summed E-state index contributed by atoms with van der Waals surface area (Å²) in [6.45, 7) is 12.5. The van der Waals surface area contributed by atoms with Crippen LogP contribution in [-0.4, -0.2) is 0 Å². The minimum Gasteiger partial charge on any atom is -0.0995 e. The maximum atomic E-state index is 3.96. The zero-order chi connectivity index (χ0) is 9.56. The Labute approximate surface area is 76.7 Å². The molecule has 0 rings (SSSR count). The molecule has 1 unspecified atom stereocenters. The molecular formula is C12H20. The summed E-state index contributed by atoms with van der Waals surface area (Å²) in [5.74, 6) is 0.484. The van der Waals surface area contributed by atoms with Crippen molar-refractivity contribution in [1.29, 1.82) is 0 Å². The summed E-state index contributed by atoms with van der Waals surface area (Å²) in [6, 6.07) is 0. The normalized spacial score (nSPS) is 15.2. The molecule has 0 aliphatic carbocycles. The van der Waals surface area contributed by atoms with Crippen LogP contribution in [0.25, 0.3) is 0 Å². The fraction of sp³-hybridized carbons (Fsp3) is 0.500. The molecule has 12 heavy (non-hydrogen) atoms. The van der Waals surface area contributed by atoms with E-state index in [-0.39, 0.29) is 0 Å². The summed E-state index contributed by atoms with van der Waals surface area (Å²) in [5, 5.41) is 0. The third kappa shape index (κ3) is 3.56. The molecule has 1 atom stereocenters. The monoisotopic (exact) mass is 164 g/mol. The smallest absolute Gasteiger partial charge is 0.00109 e. The van der Waals surface area contributed by atoms with Crippen LogP contribution in [0, 0.1) is 5.92 Å². The molecule has 0 saturated heterocycles. The zero-order valence-corrected chi connectivity index (χ0v) is 8.72. The van der Waals surface area contributed by atoms with E-state index in [0.717, 1.165) is 6.42 Å². The molecule has 68 valence electrons. The van der Waals surface area contributed by atoms with Crippen LogP contribution < -0.4 is 0 Å². The maximum Gasteiger partial charge on any atom is 0.00109 e. The van der Waals surface area contributed by atoms with E-state index < -0.39 is 0 Å². The van der Waals surface area contributed by atoms with Crippen molar-refractivity contribution in [3.8, 4) is 0 Å². The Morgan fingerprint density at radius 2 is 2.08 bits per heavy atom. The molecule has 0 aromatic heterocycles. The van der Waals surface area contributed by atoms with Crippen molar-refractivity contribution < 1.29 is 0 Å². The highest BCUT2D eigenvalue weighted by molar-refractivity contribution is 5.26. The topological polar surface area (TPSA) is 0 Å². The van der Waals surface area contributed by atoms with Crippen LogP contribution in [0.1, 0.15) is 34.1 Å². The quantitative estimate of drug-likeness (QED) is 0.433. The molecule has 0 nitrogen and oxygen atoms in total. The van der Waals surface area contributed by atoms with Crippen LogP contribution in [-0.2, 0) is 0 Å². The highest BCUT2D eigenvalue weighted by atomic mass is 14.1. The van der Waals surface area contributed by atoms with Crippen LogP contribution in [0.4, 0.5) is 0 Å². The molecule has 0 heterocycles. The number of hydrogen-bond donors (Lipinski definition) is 0. The van der Waals surface area contributed by atoms with Gasteiger partial charge in [0.2, 0.25) is 0 Å². The van der Waals surface area contributed by atoms with Gasteiger partial charge in [0.1, 0.15) is 0 Å². The van der Waals surface area contributed by atoms with Gasteiger partial charge in [-0.1, -0.05) is 44.2 Å². The van der Waals surface area contributed by atoms with E-state index >= 15 is 0 Å². The largest absolute Gasteiger partial charge is 0.0995 e. The first-order chi connectivity index (χ1) is 5.63. The van der Waals surface area contributed by atoms with Crippen molar-refractivity contribution in [2.75, 3.05) is 0 Å². The minimum atomic E-state index is 0.484. The SMILES string of the molecule is C=C(C)C(C)C(/C=C\CC)=C/C. The molecule has 0 amide bonds. The molecule has 0 saturated carbocycles. The lowest BCUT2D eigenvalue weighted by atomic mass is 9.94. The molecule has 0 N–H and O–H groups in total. The van der Waals surface area contributed by atoms with Crippen LogP contribution in [0.2, 0.25) is 0 Å². The van der Waals surface area contributed by atoms with E-state index in [1.54, 1.807) is 0 Å². The Bertz CT molecular complexity index is 191. The fourth-order valence-corrected chi connectivity index (χ4v) is 1.03. The summed E-state index contributed by atoms with van der Waals surface area (Å²) < 4.78 is 0. The second-order valence-corrected chi connectivity index (χ2v) is 3.17. The number of allylic oxidation sites excluding steroid dienone is 5. The van der Waals surface area contributed by atoms with Crippen molar-refractivity contribution >= 4 is 0 Å². The van der Waals surface area contributed by atoms with Crippen molar-refractivity contribution in [3.05, 3.63) is 36.0 Å². The molecule has 0 aliphatic rings. The van der Waals surface area contributed by atoms with Gasteiger partial charge in [0.25, 0.3) is 0 Å². The zero-order valence-electron chi connectivity index (χ0n) is 8.72. The van der Waals surface area contributed by atoms with E-state index in [9.17, 15) is 0 Å². The summed E-state index contributed by atoms with van der Waals surface area (Å²) in [4.78, 5) is 0. The third-order valence-corrected chi connectivity index (χ3v) is 2.12. The molecule has 0 aromatic carbocycles. The van der Waals surface area contributed by atoms with Gasteiger partial charge < -0.3 is 0 Å². The standard InChI is InChI=1S/C12H20/c1-6-8-9-12(7-2)11(5)10(3)4/h7-9,11H,3,6H2,1-2,4-5H3/b9-8-,12-7+. The van der Waals surface area contributed by atoms with Crippen molar-refractivity contribution in [2.45, 2.75) is 34.1 Å². The average Bonchev–Trinajstić information content (AvgIpc) is 2.05.